The number of aromatic nitrogens is 4. The van der Waals surface area contributed by atoms with Crippen molar-refractivity contribution >= 4 is 82.7 Å². The van der Waals surface area contributed by atoms with Crippen LogP contribution in [0.4, 0.5) is 0 Å². The van der Waals surface area contributed by atoms with E-state index in [-0.39, 0.29) is 14.7 Å². The molecule has 19 heteroatoms. The number of hydrogen-bond acceptors (Lipinski definition) is 10. The number of carboxylic acid groups (broad SMARTS) is 1. The highest BCUT2D eigenvalue weighted by atomic mass is 32.2. The summed E-state index contributed by atoms with van der Waals surface area (Å²) < 4.78 is 107. The van der Waals surface area contributed by atoms with Crippen molar-refractivity contribution in [1.29, 1.82) is 0 Å². The molecule has 7 aromatic rings. The number of fused-ring (bicyclic) bond motifs is 8. The predicted molar refractivity (Wildman–Crippen MR) is 243 cm³/mol. The van der Waals surface area contributed by atoms with Gasteiger partial charge in [0.1, 0.15) is 5.75 Å². The summed E-state index contributed by atoms with van der Waals surface area (Å²) in [7, 11) is -13.6. The molecule has 16 nitrogen and oxygen atoms in total. The monoisotopic (exact) mass is 928 g/mol. The van der Waals surface area contributed by atoms with Crippen LogP contribution in [0.2, 0.25) is 0 Å². The summed E-state index contributed by atoms with van der Waals surface area (Å²) in [6, 6.07) is 30.7. The summed E-state index contributed by atoms with van der Waals surface area (Å²) in [5.41, 5.74) is 8.29. The van der Waals surface area contributed by atoms with Gasteiger partial charge in [-0.25, -0.2) is 14.8 Å². The second-order valence-electron chi connectivity index (χ2n) is 14.7. The zero-order valence-corrected chi connectivity index (χ0v) is 35.7. The normalized spacial score (nSPS) is 12.7. The Hall–Kier alpha value is -7.52. The van der Waals surface area contributed by atoms with E-state index in [1.165, 1.54) is 72.8 Å². The second kappa shape index (κ2) is 16.2. The number of aliphatic carboxylic acids is 1. The average Bonchev–Trinajstić information content (AvgIpc) is 4.11. The Morgan fingerprint density at radius 3 is 0.938 bits per heavy atom. The van der Waals surface area contributed by atoms with Crippen LogP contribution < -0.4 is 4.74 Å². The number of nitrogens with zero attached hydrogens (tertiary/aromatic N) is 2. The molecular formula is C46H32N4O12S3. The van der Waals surface area contributed by atoms with Crippen LogP contribution in [0.25, 0.3) is 90.9 Å². The second-order valence-corrected chi connectivity index (χ2v) is 19.0. The highest BCUT2D eigenvalue weighted by Crippen LogP contribution is 2.39. The lowest BCUT2D eigenvalue weighted by Crippen LogP contribution is -2.09. The van der Waals surface area contributed by atoms with Gasteiger partial charge in [0.05, 0.1) is 37.5 Å². The SMILES string of the molecule is O=C(O)COc1ccc(-c2c3nc(c(-c4ccc(S(=O)(=O)O)cc4)c4ccc([nH]4)c(-c4ccc(S(=O)(=O)O)cc4)c4nc(c(-c5ccc(S(=O)(=O)O)cc5)c5ccc2[nH]5)C=C4)C=C3)cc1. The maximum Gasteiger partial charge on any atom is 0.341 e. The number of ether oxygens (including phenoxy) is 1. The van der Waals surface area contributed by atoms with E-state index >= 15 is 0 Å². The third-order valence-corrected chi connectivity index (χ3v) is 13.2. The Bertz CT molecular complexity index is 3600. The first-order valence-corrected chi connectivity index (χ1v) is 23.6. The van der Waals surface area contributed by atoms with Crippen LogP contribution in [-0.2, 0) is 35.1 Å². The summed E-state index contributed by atoms with van der Waals surface area (Å²) in [4.78, 5) is 27.4. The number of carboxylic acids is 1. The molecular weight excluding hydrogens is 897 g/mol. The fourth-order valence-corrected chi connectivity index (χ4v) is 9.10. The molecule has 2 aliphatic rings. The van der Waals surface area contributed by atoms with Crippen LogP contribution in [0.3, 0.4) is 0 Å². The summed E-state index contributed by atoms with van der Waals surface area (Å²) in [5, 5.41) is 9.17. The van der Waals surface area contributed by atoms with Crippen LogP contribution in [-0.4, -0.2) is 76.5 Å². The van der Waals surface area contributed by atoms with E-state index < -0.39 is 42.9 Å². The summed E-state index contributed by atoms with van der Waals surface area (Å²) >= 11 is 0. The molecule has 0 saturated carbocycles. The maximum atomic E-state index is 12.0. The molecule has 0 unspecified atom stereocenters. The van der Waals surface area contributed by atoms with Gasteiger partial charge in [0, 0.05) is 44.3 Å². The number of carbonyl (C=O) groups is 1. The number of benzene rings is 4. The van der Waals surface area contributed by atoms with Crippen LogP contribution >= 0.6 is 0 Å². The van der Waals surface area contributed by atoms with Crippen LogP contribution in [0, 0.1) is 0 Å². The third kappa shape index (κ3) is 8.62. The number of nitrogens with one attached hydrogen (secondary N) is 2. The molecule has 3 aromatic heterocycles. The largest absolute Gasteiger partial charge is 0.482 e. The molecule has 8 bridgehead atoms. The van der Waals surface area contributed by atoms with E-state index in [1.807, 2.05) is 12.1 Å². The summed E-state index contributed by atoms with van der Waals surface area (Å²) in [6.07, 6.45) is 7.10. The number of rotatable bonds is 10. The minimum Gasteiger partial charge on any atom is -0.482 e. The van der Waals surface area contributed by atoms with Gasteiger partial charge in [0.15, 0.2) is 6.61 Å². The molecule has 0 spiro atoms. The van der Waals surface area contributed by atoms with Gasteiger partial charge in [0.2, 0.25) is 0 Å². The molecule has 5 heterocycles. The zero-order chi connectivity index (χ0) is 45.8. The maximum absolute atomic E-state index is 12.0. The van der Waals surface area contributed by atoms with Gasteiger partial charge in [-0.1, -0.05) is 48.5 Å². The van der Waals surface area contributed by atoms with Crippen LogP contribution in [0.5, 0.6) is 5.75 Å². The van der Waals surface area contributed by atoms with Gasteiger partial charge < -0.3 is 19.8 Å². The smallest absolute Gasteiger partial charge is 0.341 e. The van der Waals surface area contributed by atoms with Crippen molar-refractivity contribution in [3.63, 3.8) is 0 Å². The van der Waals surface area contributed by atoms with Crippen molar-refractivity contribution in [1.82, 2.24) is 19.9 Å². The topological polar surface area (TPSA) is 267 Å². The standard InChI is InChI=1S/C46H32N4O12S3/c51-42(52)25-62-30-9-1-26(2-10-30)43-34-17-19-36(47-34)44(27-3-11-31(12-4-27)63(53,54)55)38-21-23-40(49-38)46(29-7-15-33(16-8-29)65(59,60)61)41-24-22-39(50-41)45(37-20-18-35(43)48-37)28-5-13-32(14-6-28)64(56,57)58/h1-24,47,50H,25H2,(H,51,52)(H,53,54,55)(H,56,57,58)(H,59,60,61). The molecule has 65 heavy (non-hydrogen) atoms. The van der Waals surface area contributed by atoms with Crippen molar-refractivity contribution in [3.8, 4) is 50.3 Å². The number of H-pyrrole nitrogens is 2. The molecule has 9 rings (SSSR count). The molecule has 0 fully saturated rings. The van der Waals surface area contributed by atoms with Gasteiger partial charge in [-0.2, -0.15) is 25.3 Å². The predicted octanol–water partition coefficient (Wildman–Crippen LogP) is 8.53. The van der Waals surface area contributed by atoms with Gasteiger partial charge in [-0.15, -0.1) is 0 Å². The average molecular weight is 929 g/mol. The molecule has 0 saturated heterocycles. The van der Waals surface area contributed by atoms with E-state index in [1.54, 1.807) is 60.7 Å². The van der Waals surface area contributed by atoms with Crippen molar-refractivity contribution in [2.75, 3.05) is 6.61 Å². The van der Waals surface area contributed by atoms with E-state index in [9.17, 15) is 48.8 Å². The molecule has 0 radical (unpaired) electrons. The Labute approximate surface area is 370 Å². The molecule has 0 atom stereocenters. The summed E-state index contributed by atoms with van der Waals surface area (Å²) in [5.74, 6) is -0.829. The van der Waals surface area contributed by atoms with Crippen molar-refractivity contribution in [2.24, 2.45) is 0 Å². The van der Waals surface area contributed by atoms with Gasteiger partial charge in [0.25, 0.3) is 30.4 Å². The van der Waals surface area contributed by atoms with Crippen molar-refractivity contribution in [3.05, 3.63) is 144 Å². The zero-order valence-electron chi connectivity index (χ0n) is 33.2. The van der Waals surface area contributed by atoms with Gasteiger partial charge in [-0.3, -0.25) is 13.7 Å². The van der Waals surface area contributed by atoms with E-state index in [0.717, 1.165) is 0 Å². The highest BCUT2D eigenvalue weighted by Gasteiger charge is 2.21. The third-order valence-electron chi connectivity index (χ3n) is 10.6. The number of aromatic amines is 2. The lowest BCUT2D eigenvalue weighted by Gasteiger charge is -2.08. The fourth-order valence-electron chi connectivity index (χ4n) is 7.66. The van der Waals surface area contributed by atoms with Crippen molar-refractivity contribution < 1.29 is 53.5 Å². The lowest BCUT2D eigenvalue weighted by molar-refractivity contribution is -0.139. The fraction of sp³-hybridized carbons (Fsp3) is 0.0217. The van der Waals surface area contributed by atoms with E-state index in [4.69, 9.17) is 14.7 Å². The molecule has 0 aliphatic carbocycles. The van der Waals surface area contributed by atoms with Crippen LogP contribution in [0.15, 0.2) is 136 Å². The summed E-state index contributed by atoms with van der Waals surface area (Å²) in [6.45, 7) is -0.547. The molecule has 0 amide bonds. The van der Waals surface area contributed by atoms with Gasteiger partial charge in [-0.05, 0) is 119 Å². The lowest BCUT2D eigenvalue weighted by atomic mass is 10.0. The quantitative estimate of drug-likeness (QED) is 0.0702. The van der Waals surface area contributed by atoms with Crippen LogP contribution in [0.1, 0.15) is 22.8 Å². The first-order chi connectivity index (χ1) is 30.9. The first kappa shape index (κ1) is 42.8. The van der Waals surface area contributed by atoms with E-state index in [2.05, 4.69) is 9.97 Å². The Morgan fingerprint density at radius 2 is 0.692 bits per heavy atom. The Kier molecular flexibility index (Phi) is 10.7. The Balaban J connectivity index is 1.41. The minimum absolute atomic E-state index is 0.312. The van der Waals surface area contributed by atoms with Crippen molar-refractivity contribution in [2.45, 2.75) is 14.7 Å². The molecule has 4 aromatic carbocycles. The highest BCUT2D eigenvalue weighted by molar-refractivity contribution is 7.86. The molecule has 326 valence electrons. The van der Waals surface area contributed by atoms with E-state index in [0.29, 0.717) is 95.1 Å². The molecule has 6 N–H and O–H groups in total. The first-order valence-electron chi connectivity index (χ1n) is 19.3. The minimum atomic E-state index is -4.54. The molecule has 2 aliphatic heterocycles. The Morgan fingerprint density at radius 1 is 0.431 bits per heavy atom. The van der Waals surface area contributed by atoms with Gasteiger partial charge >= 0.3 is 5.97 Å². The number of hydrogen-bond donors (Lipinski definition) is 6.